The smallest absolute Gasteiger partial charge is 0.216 e. The molecular weight excluding hydrogens is 343 g/mol. The second-order valence-electron chi connectivity index (χ2n) is 6.35. The van der Waals surface area contributed by atoms with Crippen LogP contribution < -0.4 is 4.74 Å². The molecule has 0 amide bonds. The first-order chi connectivity index (χ1) is 13.2. The van der Waals surface area contributed by atoms with Gasteiger partial charge in [-0.3, -0.25) is 0 Å². The summed E-state index contributed by atoms with van der Waals surface area (Å²) in [5, 5.41) is 1.01. The molecule has 1 N–H and O–H groups in total. The number of H-pyrrole nitrogens is 1. The van der Waals surface area contributed by atoms with Crippen molar-refractivity contribution in [3.8, 4) is 5.88 Å². The summed E-state index contributed by atoms with van der Waals surface area (Å²) in [6.45, 7) is 0. The highest BCUT2D eigenvalue weighted by Gasteiger charge is 2.10. The van der Waals surface area contributed by atoms with Crippen molar-refractivity contribution in [2.75, 3.05) is 7.11 Å². The van der Waals surface area contributed by atoms with Crippen LogP contribution in [0.25, 0.3) is 11.0 Å². The highest BCUT2D eigenvalue weighted by molar-refractivity contribution is 5.79. The Balaban J connectivity index is 1.45. The average molecular weight is 362 g/mol. The maximum Gasteiger partial charge on any atom is 0.216 e. The van der Waals surface area contributed by atoms with Crippen LogP contribution in [0.2, 0.25) is 0 Å². The molecule has 0 saturated carbocycles. The van der Waals surface area contributed by atoms with Crippen LogP contribution in [0, 0.1) is 5.95 Å². The van der Waals surface area contributed by atoms with Gasteiger partial charge in [0, 0.05) is 47.7 Å². The molecule has 0 saturated heterocycles. The minimum atomic E-state index is -0.418. The molecule has 0 aliphatic carbocycles. The Morgan fingerprint density at radius 3 is 2.74 bits per heavy atom. The van der Waals surface area contributed by atoms with Gasteiger partial charge in [-0.25, -0.2) is 15.0 Å². The predicted octanol–water partition coefficient (Wildman–Crippen LogP) is 3.88. The van der Waals surface area contributed by atoms with Crippen molar-refractivity contribution in [2.45, 2.75) is 19.3 Å². The third kappa shape index (κ3) is 3.79. The van der Waals surface area contributed by atoms with E-state index in [-0.39, 0.29) is 0 Å². The van der Waals surface area contributed by atoms with Crippen molar-refractivity contribution >= 4 is 11.0 Å². The second kappa shape index (κ2) is 7.53. The van der Waals surface area contributed by atoms with Crippen LogP contribution in [0.1, 0.15) is 22.4 Å². The number of fused-ring (bicyclic) bond motifs is 1. The Kier molecular flexibility index (Phi) is 4.78. The molecule has 0 aliphatic rings. The number of hydrogen-bond acceptors (Lipinski definition) is 4. The molecule has 0 bridgehead atoms. The van der Waals surface area contributed by atoms with Crippen molar-refractivity contribution in [1.29, 1.82) is 0 Å². The van der Waals surface area contributed by atoms with Gasteiger partial charge in [0.05, 0.1) is 7.11 Å². The van der Waals surface area contributed by atoms with Crippen LogP contribution >= 0.6 is 0 Å². The maximum atomic E-state index is 14.5. The molecular formula is C21H19FN4O. The fraction of sp³-hybridized carbons (Fsp3) is 0.190. The van der Waals surface area contributed by atoms with Gasteiger partial charge in [-0.05, 0) is 42.2 Å². The Labute approximate surface area is 156 Å². The fourth-order valence-corrected chi connectivity index (χ4v) is 3.09. The van der Waals surface area contributed by atoms with Crippen LogP contribution in [0.5, 0.6) is 5.88 Å². The largest absolute Gasteiger partial charge is 0.481 e. The van der Waals surface area contributed by atoms with Crippen LogP contribution in [0.15, 0.2) is 55.0 Å². The zero-order valence-corrected chi connectivity index (χ0v) is 14.9. The van der Waals surface area contributed by atoms with Crippen LogP contribution in [0.4, 0.5) is 4.39 Å². The number of aromatic nitrogens is 4. The molecule has 4 rings (SSSR count). The molecule has 4 heterocycles. The topological polar surface area (TPSA) is 63.7 Å². The van der Waals surface area contributed by atoms with E-state index in [2.05, 4.69) is 19.9 Å². The number of hydrogen-bond donors (Lipinski definition) is 1. The first-order valence-electron chi connectivity index (χ1n) is 8.77. The quantitative estimate of drug-likeness (QED) is 0.529. The van der Waals surface area contributed by atoms with Gasteiger partial charge in [0.1, 0.15) is 5.65 Å². The average Bonchev–Trinajstić information content (AvgIpc) is 3.11. The van der Waals surface area contributed by atoms with Gasteiger partial charge in [-0.1, -0.05) is 12.1 Å². The lowest BCUT2D eigenvalue weighted by molar-refractivity contribution is 0.397. The van der Waals surface area contributed by atoms with Gasteiger partial charge in [-0.15, -0.1) is 0 Å². The summed E-state index contributed by atoms with van der Waals surface area (Å²) in [5.41, 5.74) is 4.19. The predicted molar refractivity (Wildman–Crippen MR) is 101 cm³/mol. The lowest BCUT2D eigenvalue weighted by Crippen LogP contribution is -2.01. The van der Waals surface area contributed by atoms with Crippen molar-refractivity contribution in [2.24, 2.45) is 0 Å². The van der Waals surface area contributed by atoms with E-state index in [1.54, 1.807) is 19.5 Å². The number of nitrogens with one attached hydrogen (secondary N) is 1. The number of halogens is 1. The molecule has 136 valence electrons. The zero-order chi connectivity index (χ0) is 18.6. The normalized spacial score (nSPS) is 11.0. The number of aromatic amines is 1. The Morgan fingerprint density at radius 2 is 1.96 bits per heavy atom. The van der Waals surface area contributed by atoms with E-state index in [0.717, 1.165) is 34.3 Å². The molecule has 5 nitrogen and oxygen atoms in total. The van der Waals surface area contributed by atoms with E-state index in [1.165, 1.54) is 0 Å². The zero-order valence-electron chi connectivity index (χ0n) is 14.9. The Morgan fingerprint density at radius 1 is 1.04 bits per heavy atom. The van der Waals surface area contributed by atoms with Gasteiger partial charge < -0.3 is 9.72 Å². The highest BCUT2D eigenvalue weighted by atomic mass is 19.1. The van der Waals surface area contributed by atoms with Crippen molar-refractivity contribution in [1.82, 2.24) is 19.9 Å². The molecule has 0 spiro atoms. The summed E-state index contributed by atoms with van der Waals surface area (Å²) in [5.74, 6) is 0.165. The van der Waals surface area contributed by atoms with Crippen LogP contribution in [-0.2, 0) is 19.3 Å². The number of methoxy groups -OCH3 is 1. The lowest BCUT2D eigenvalue weighted by Gasteiger charge is -2.06. The fourth-order valence-electron chi connectivity index (χ4n) is 3.09. The van der Waals surface area contributed by atoms with E-state index in [9.17, 15) is 4.39 Å². The molecule has 0 fully saturated rings. The van der Waals surface area contributed by atoms with Crippen molar-refractivity contribution in [3.63, 3.8) is 0 Å². The number of pyridine rings is 3. The molecule has 0 radical (unpaired) electrons. The van der Waals surface area contributed by atoms with E-state index in [0.29, 0.717) is 24.3 Å². The van der Waals surface area contributed by atoms with E-state index < -0.39 is 5.95 Å². The number of ether oxygens (including phenoxy) is 1. The highest BCUT2D eigenvalue weighted by Crippen LogP contribution is 2.20. The third-order valence-electron chi connectivity index (χ3n) is 4.58. The molecule has 4 aromatic heterocycles. The van der Waals surface area contributed by atoms with Gasteiger partial charge in [0.25, 0.3) is 0 Å². The Bertz CT molecular complexity index is 1060. The van der Waals surface area contributed by atoms with Gasteiger partial charge in [0.2, 0.25) is 11.8 Å². The summed E-state index contributed by atoms with van der Waals surface area (Å²) in [6, 6.07) is 11.4. The monoisotopic (exact) mass is 362 g/mol. The minimum Gasteiger partial charge on any atom is -0.481 e. The van der Waals surface area contributed by atoms with Gasteiger partial charge in [-0.2, -0.15) is 4.39 Å². The van der Waals surface area contributed by atoms with Crippen molar-refractivity contribution < 1.29 is 9.13 Å². The number of rotatable bonds is 6. The first-order valence-corrected chi connectivity index (χ1v) is 8.77. The summed E-state index contributed by atoms with van der Waals surface area (Å²) >= 11 is 0. The van der Waals surface area contributed by atoms with Gasteiger partial charge >= 0.3 is 0 Å². The second-order valence-corrected chi connectivity index (χ2v) is 6.35. The first kappa shape index (κ1) is 17.1. The molecule has 0 aromatic carbocycles. The van der Waals surface area contributed by atoms with Gasteiger partial charge in [0.15, 0.2) is 0 Å². The number of nitrogens with zero attached hydrogens (tertiary/aromatic N) is 3. The molecule has 27 heavy (non-hydrogen) atoms. The number of aryl methyl sites for hydroxylation is 2. The minimum absolute atomic E-state index is 0.418. The summed E-state index contributed by atoms with van der Waals surface area (Å²) in [6.07, 6.45) is 7.26. The molecule has 6 heteroatoms. The molecule has 0 aliphatic heterocycles. The standard InChI is InChI=1S/C21H19FN4O/c1-27-19-9-5-14(12-24-19)4-7-17-8-6-15(20(22)26-17)11-16-13-25-21-18(16)3-2-10-23-21/h2-3,5-6,8-10,12-13H,4,7,11H2,1H3,(H,23,25). The lowest BCUT2D eigenvalue weighted by atomic mass is 10.0. The molecule has 0 atom stereocenters. The van der Waals surface area contributed by atoms with Crippen molar-refractivity contribution in [3.05, 3.63) is 83.3 Å². The van der Waals surface area contributed by atoms with E-state index >= 15 is 0 Å². The summed E-state index contributed by atoms with van der Waals surface area (Å²) in [4.78, 5) is 15.7. The van der Waals surface area contributed by atoms with Crippen LogP contribution in [0.3, 0.4) is 0 Å². The maximum absolute atomic E-state index is 14.5. The molecule has 4 aromatic rings. The van der Waals surface area contributed by atoms with Crippen LogP contribution in [-0.4, -0.2) is 27.0 Å². The summed E-state index contributed by atoms with van der Waals surface area (Å²) < 4.78 is 19.6. The third-order valence-corrected chi connectivity index (χ3v) is 4.58. The van der Waals surface area contributed by atoms with E-state index in [1.807, 2.05) is 42.6 Å². The summed E-state index contributed by atoms with van der Waals surface area (Å²) in [7, 11) is 1.59. The van der Waals surface area contributed by atoms with E-state index in [4.69, 9.17) is 4.74 Å². The molecule has 0 unspecified atom stereocenters. The SMILES string of the molecule is COc1ccc(CCc2ccc(Cc3c[nH]c4ncccc34)c(F)n2)cn1. The Hall–Kier alpha value is -3.28.